The van der Waals surface area contributed by atoms with Gasteiger partial charge >= 0.3 is 5.97 Å². The zero-order valence-corrected chi connectivity index (χ0v) is 13.0. The molecule has 0 spiro atoms. The molecule has 0 unspecified atom stereocenters. The Morgan fingerprint density at radius 3 is 2.76 bits per heavy atom. The van der Waals surface area contributed by atoms with Crippen molar-refractivity contribution in [3.63, 3.8) is 0 Å². The van der Waals surface area contributed by atoms with Gasteiger partial charge in [0.2, 0.25) is 5.91 Å². The molecule has 0 radical (unpaired) electrons. The predicted octanol–water partition coefficient (Wildman–Crippen LogP) is 3.16. The summed E-state index contributed by atoms with van der Waals surface area (Å²) in [6.07, 6.45) is 6.31. The van der Waals surface area contributed by atoms with Crippen molar-refractivity contribution in [1.82, 2.24) is 5.32 Å². The molecule has 0 aromatic carbocycles. The zero-order valence-electron chi connectivity index (χ0n) is 12.2. The molecule has 1 amide bonds. The number of carbonyl (C=O) groups is 2. The van der Waals surface area contributed by atoms with Crippen molar-refractivity contribution >= 4 is 29.3 Å². The van der Waals surface area contributed by atoms with Crippen molar-refractivity contribution in [3.05, 3.63) is 28.5 Å². The Morgan fingerprint density at radius 1 is 1.48 bits per heavy atom. The minimum absolute atomic E-state index is 0.211. The lowest BCUT2D eigenvalue weighted by molar-refractivity contribution is -0.151. The number of nitrogens with one attached hydrogen (secondary N) is 1. The molecule has 5 heteroatoms. The summed E-state index contributed by atoms with van der Waals surface area (Å²) in [4.78, 5) is 24.4. The molecule has 1 aromatic rings. The number of aliphatic carboxylic acids is 1. The second-order valence-electron chi connectivity index (χ2n) is 5.83. The maximum absolute atomic E-state index is 11.8. The summed E-state index contributed by atoms with van der Waals surface area (Å²) in [6.45, 7) is 2.36. The Morgan fingerprint density at radius 2 is 2.19 bits per heavy atom. The van der Waals surface area contributed by atoms with Gasteiger partial charge < -0.3 is 10.4 Å². The van der Waals surface area contributed by atoms with Gasteiger partial charge in [-0.15, -0.1) is 11.3 Å². The van der Waals surface area contributed by atoms with Crippen LogP contribution in [0.5, 0.6) is 0 Å². The topological polar surface area (TPSA) is 66.4 Å². The maximum atomic E-state index is 11.8. The fourth-order valence-electron chi connectivity index (χ4n) is 2.64. The second kappa shape index (κ2) is 6.89. The van der Waals surface area contributed by atoms with Crippen LogP contribution in [0.4, 0.5) is 0 Å². The fraction of sp³-hybridized carbons (Fsp3) is 0.500. The average Bonchev–Trinajstić information content (AvgIpc) is 2.98. The molecule has 2 N–H and O–H groups in total. The van der Waals surface area contributed by atoms with Crippen LogP contribution in [0, 0.1) is 11.3 Å². The van der Waals surface area contributed by atoms with Gasteiger partial charge in [0.25, 0.3) is 0 Å². The van der Waals surface area contributed by atoms with Crippen LogP contribution in [-0.2, 0) is 9.59 Å². The number of thiophene rings is 1. The molecule has 0 saturated heterocycles. The lowest BCUT2D eigenvalue weighted by Gasteiger charge is -2.35. The number of rotatable bonds is 5. The maximum Gasteiger partial charge on any atom is 0.311 e. The normalized spacial score (nSPS) is 25.9. The highest BCUT2D eigenvalue weighted by molar-refractivity contribution is 7.10. The summed E-state index contributed by atoms with van der Waals surface area (Å²) in [5.41, 5.74) is -0.793. The molecule has 1 aliphatic carbocycles. The summed E-state index contributed by atoms with van der Waals surface area (Å²) in [6, 6.07) is 3.85. The van der Waals surface area contributed by atoms with Gasteiger partial charge in [0, 0.05) is 17.5 Å². The molecule has 21 heavy (non-hydrogen) atoms. The molecule has 114 valence electrons. The van der Waals surface area contributed by atoms with Crippen molar-refractivity contribution in [3.8, 4) is 0 Å². The minimum atomic E-state index is -0.795. The van der Waals surface area contributed by atoms with E-state index in [1.54, 1.807) is 17.4 Å². The van der Waals surface area contributed by atoms with E-state index < -0.39 is 11.4 Å². The van der Waals surface area contributed by atoms with Gasteiger partial charge in [0.1, 0.15) is 0 Å². The van der Waals surface area contributed by atoms with Crippen molar-refractivity contribution in [1.29, 1.82) is 0 Å². The van der Waals surface area contributed by atoms with Crippen LogP contribution in [0.25, 0.3) is 6.08 Å². The monoisotopic (exact) mass is 307 g/mol. The number of carboxylic acids is 1. The summed E-state index contributed by atoms with van der Waals surface area (Å²) in [5.74, 6) is -0.452. The fourth-order valence-corrected chi connectivity index (χ4v) is 3.26. The molecule has 1 heterocycles. The van der Waals surface area contributed by atoms with E-state index in [0.717, 1.165) is 17.7 Å². The predicted molar refractivity (Wildman–Crippen MR) is 84.1 cm³/mol. The molecule has 4 nitrogen and oxygen atoms in total. The van der Waals surface area contributed by atoms with Crippen LogP contribution in [0.2, 0.25) is 0 Å². The summed E-state index contributed by atoms with van der Waals surface area (Å²) < 4.78 is 0. The SMILES string of the molecule is CC1CCC(CNC(=O)/C=C/c2cccs2)(C(=O)O)CC1. The van der Waals surface area contributed by atoms with E-state index >= 15 is 0 Å². The molecule has 1 aliphatic rings. The first kappa shape index (κ1) is 15.8. The highest BCUT2D eigenvalue weighted by Gasteiger charge is 2.41. The Kier molecular flexibility index (Phi) is 5.17. The van der Waals surface area contributed by atoms with E-state index in [1.165, 1.54) is 6.08 Å². The zero-order chi connectivity index (χ0) is 15.3. The molecular formula is C16H21NO3S. The van der Waals surface area contributed by atoms with Gasteiger partial charge in [-0.2, -0.15) is 0 Å². The lowest BCUT2D eigenvalue weighted by Crippen LogP contribution is -2.44. The van der Waals surface area contributed by atoms with Crippen molar-refractivity contribution in [2.45, 2.75) is 32.6 Å². The van der Waals surface area contributed by atoms with Crippen LogP contribution in [0.15, 0.2) is 23.6 Å². The first-order valence-corrected chi connectivity index (χ1v) is 8.13. The van der Waals surface area contributed by atoms with Crippen LogP contribution in [-0.4, -0.2) is 23.5 Å². The quantitative estimate of drug-likeness (QED) is 0.821. The largest absolute Gasteiger partial charge is 0.481 e. The van der Waals surface area contributed by atoms with Crippen molar-refractivity contribution < 1.29 is 14.7 Å². The average molecular weight is 307 g/mol. The standard InChI is InChI=1S/C16H21NO3S/c1-12-6-8-16(9-7-12,15(19)20)11-17-14(18)5-4-13-3-2-10-21-13/h2-5,10,12H,6-9,11H2,1H3,(H,17,18)(H,19,20)/b5-4+. The van der Waals surface area contributed by atoms with Gasteiger partial charge in [-0.3, -0.25) is 9.59 Å². The van der Waals surface area contributed by atoms with Gasteiger partial charge in [-0.25, -0.2) is 0 Å². The highest BCUT2D eigenvalue weighted by Crippen LogP contribution is 2.38. The summed E-state index contributed by atoms with van der Waals surface area (Å²) >= 11 is 1.55. The van der Waals surface area contributed by atoms with E-state index in [-0.39, 0.29) is 12.5 Å². The number of carbonyl (C=O) groups excluding carboxylic acids is 1. The molecule has 2 rings (SSSR count). The number of amides is 1. The van der Waals surface area contributed by atoms with Crippen LogP contribution < -0.4 is 5.32 Å². The van der Waals surface area contributed by atoms with Crippen LogP contribution in [0.1, 0.15) is 37.5 Å². The molecule has 0 bridgehead atoms. The third kappa shape index (κ3) is 4.17. The molecule has 1 aromatic heterocycles. The number of hydrogen-bond acceptors (Lipinski definition) is 3. The Hall–Kier alpha value is -1.62. The van der Waals surface area contributed by atoms with Gasteiger partial charge in [-0.05, 0) is 49.1 Å². The Balaban J connectivity index is 1.90. The summed E-state index contributed by atoms with van der Waals surface area (Å²) in [7, 11) is 0. The van der Waals surface area contributed by atoms with Gasteiger partial charge in [-0.1, -0.05) is 13.0 Å². The van der Waals surface area contributed by atoms with Crippen molar-refractivity contribution in [2.24, 2.45) is 11.3 Å². The molecular weight excluding hydrogens is 286 g/mol. The van der Waals surface area contributed by atoms with Crippen LogP contribution >= 0.6 is 11.3 Å². The minimum Gasteiger partial charge on any atom is -0.481 e. The lowest BCUT2D eigenvalue weighted by atomic mass is 9.71. The van der Waals surface area contributed by atoms with Crippen LogP contribution in [0.3, 0.4) is 0 Å². The smallest absolute Gasteiger partial charge is 0.311 e. The second-order valence-corrected chi connectivity index (χ2v) is 6.81. The number of hydrogen-bond donors (Lipinski definition) is 2. The third-order valence-electron chi connectivity index (χ3n) is 4.23. The van der Waals surface area contributed by atoms with Crippen molar-refractivity contribution in [2.75, 3.05) is 6.54 Å². The van der Waals surface area contributed by atoms with Gasteiger partial charge in [0.15, 0.2) is 0 Å². The summed E-state index contributed by atoms with van der Waals surface area (Å²) in [5, 5.41) is 14.2. The van der Waals surface area contributed by atoms with E-state index in [1.807, 2.05) is 17.5 Å². The first-order valence-electron chi connectivity index (χ1n) is 7.25. The first-order chi connectivity index (χ1) is 10.0. The van der Waals surface area contributed by atoms with E-state index in [0.29, 0.717) is 18.8 Å². The number of carboxylic acid groups (broad SMARTS) is 1. The molecule has 1 fully saturated rings. The third-order valence-corrected chi connectivity index (χ3v) is 5.07. The van der Waals surface area contributed by atoms with E-state index in [2.05, 4.69) is 12.2 Å². The Labute approximate surface area is 128 Å². The molecule has 0 aliphatic heterocycles. The van der Waals surface area contributed by atoms with E-state index in [9.17, 15) is 14.7 Å². The van der Waals surface area contributed by atoms with E-state index in [4.69, 9.17) is 0 Å². The molecule has 1 saturated carbocycles. The highest BCUT2D eigenvalue weighted by atomic mass is 32.1. The molecule has 0 atom stereocenters. The Bertz CT molecular complexity index is 514. The van der Waals surface area contributed by atoms with Gasteiger partial charge in [0.05, 0.1) is 5.41 Å².